The first kappa shape index (κ1) is 10.1. The smallest absolute Gasteiger partial charge is 0.174 e. The van der Waals surface area contributed by atoms with Gasteiger partial charge < -0.3 is 4.74 Å². The van der Waals surface area contributed by atoms with Gasteiger partial charge in [-0.2, -0.15) is 5.26 Å². The molecule has 0 heterocycles. The average molecular weight is 240 g/mol. The fourth-order valence-corrected chi connectivity index (χ4v) is 1.50. The molecule has 0 aliphatic rings. The molecule has 0 radical (unpaired) electrons. The lowest BCUT2D eigenvalue weighted by Gasteiger charge is -2.07. The third kappa shape index (κ3) is 2.74. The SMILES string of the molecule is Cc1ccc(OCC#N)c(CBr)c1. The molecule has 68 valence electrons. The number of nitriles is 1. The van der Waals surface area contributed by atoms with Crippen LogP contribution in [0.15, 0.2) is 18.2 Å². The summed E-state index contributed by atoms with van der Waals surface area (Å²) in [5, 5.41) is 9.10. The van der Waals surface area contributed by atoms with E-state index in [9.17, 15) is 0 Å². The third-order valence-corrected chi connectivity index (χ3v) is 2.26. The van der Waals surface area contributed by atoms with Gasteiger partial charge in [0.1, 0.15) is 11.8 Å². The van der Waals surface area contributed by atoms with Gasteiger partial charge in [0.25, 0.3) is 0 Å². The highest BCUT2D eigenvalue weighted by Gasteiger charge is 2.01. The van der Waals surface area contributed by atoms with Crippen molar-refractivity contribution in [1.82, 2.24) is 0 Å². The quantitative estimate of drug-likeness (QED) is 0.761. The molecule has 0 N–H and O–H groups in total. The van der Waals surface area contributed by atoms with Crippen molar-refractivity contribution in [2.24, 2.45) is 0 Å². The van der Waals surface area contributed by atoms with Crippen LogP contribution in [0.2, 0.25) is 0 Å². The van der Waals surface area contributed by atoms with Crippen LogP contribution in [0.5, 0.6) is 5.75 Å². The van der Waals surface area contributed by atoms with Crippen LogP contribution in [0, 0.1) is 18.3 Å². The molecule has 0 aromatic heterocycles. The molecule has 1 aromatic rings. The molecule has 1 rings (SSSR count). The first-order chi connectivity index (χ1) is 6.27. The van der Waals surface area contributed by atoms with E-state index in [-0.39, 0.29) is 6.61 Å². The number of ether oxygens (including phenoxy) is 1. The Bertz CT molecular complexity index is 330. The number of nitrogens with zero attached hydrogens (tertiary/aromatic N) is 1. The summed E-state index contributed by atoms with van der Waals surface area (Å²) in [5.41, 5.74) is 2.27. The lowest BCUT2D eigenvalue weighted by atomic mass is 10.1. The van der Waals surface area contributed by atoms with Crippen LogP contribution >= 0.6 is 15.9 Å². The molecule has 0 saturated carbocycles. The van der Waals surface area contributed by atoms with Crippen LogP contribution < -0.4 is 4.74 Å². The monoisotopic (exact) mass is 239 g/mol. The van der Waals surface area contributed by atoms with Gasteiger partial charge >= 0.3 is 0 Å². The van der Waals surface area contributed by atoms with Crippen molar-refractivity contribution in [2.45, 2.75) is 12.3 Å². The van der Waals surface area contributed by atoms with Crippen molar-refractivity contribution in [3.63, 3.8) is 0 Å². The summed E-state index contributed by atoms with van der Waals surface area (Å²) in [7, 11) is 0. The Morgan fingerprint density at radius 3 is 2.92 bits per heavy atom. The molecule has 0 aliphatic heterocycles. The molecule has 0 fully saturated rings. The molecule has 0 unspecified atom stereocenters. The van der Waals surface area contributed by atoms with E-state index in [2.05, 4.69) is 15.9 Å². The Labute approximate surface area is 86.3 Å². The Morgan fingerprint density at radius 1 is 1.54 bits per heavy atom. The Balaban J connectivity index is 2.87. The number of hydrogen-bond acceptors (Lipinski definition) is 2. The van der Waals surface area contributed by atoms with Gasteiger partial charge in [0.15, 0.2) is 6.61 Å². The zero-order chi connectivity index (χ0) is 9.68. The van der Waals surface area contributed by atoms with E-state index in [1.807, 2.05) is 31.2 Å². The maximum absolute atomic E-state index is 8.36. The van der Waals surface area contributed by atoms with Crippen molar-refractivity contribution in [3.8, 4) is 11.8 Å². The summed E-state index contributed by atoms with van der Waals surface area (Å²) < 4.78 is 5.24. The van der Waals surface area contributed by atoms with Crippen LogP contribution in [0.4, 0.5) is 0 Å². The van der Waals surface area contributed by atoms with E-state index >= 15 is 0 Å². The van der Waals surface area contributed by atoms with Gasteiger partial charge in [-0.3, -0.25) is 0 Å². The van der Waals surface area contributed by atoms with Crippen molar-refractivity contribution >= 4 is 15.9 Å². The molecule has 0 aliphatic carbocycles. The summed E-state index contributed by atoms with van der Waals surface area (Å²) in [5.74, 6) is 0.782. The predicted octanol–water partition coefficient (Wildman–Crippen LogP) is 2.79. The predicted molar refractivity (Wildman–Crippen MR) is 54.9 cm³/mol. The van der Waals surface area contributed by atoms with Gasteiger partial charge in [-0.15, -0.1) is 0 Å². The van der Waals surface area contributed by atoms with Crippen LogP contribution in [0.1, 0.15) is 11.1 Å². The lowest BCUT2D eigenvalue weighted by molar-refractivity contribution is 0.365. The van der Waals surface area contributed by atoms with Gasteiger partial charge in [-0.1, -0.05) is 33.6 Å². The summed E-state index contributed by atoms with van der Waals surface area (Å²) in [6, 6.07) is 7.85. The van der Waals surface area contributed by atoms with Crippen molar-refractivity contribution in [3.05, 3.63) is 29.3 Å². The summed E-state index contributed by atoms with van der Waals surface area (Å²) in [4.78, 5) is 0. The molecule has 0 amide bonds. The van der Waals surface area contributed by atoms with E-state index in [0.29, 0.717) is 0 Å². The summed E-state index contributed by atoms with van der Waals surface area (Å²) >= 11 is 3.37. The number of halogens is 1. The van der Waals surface area contributed by atoms with Crippen molar-refractivity contribution in [2.75, 3.05) is 6.61 Å². The maximum atomic E-state index is 8.36. The molecule has 1 aromatic carbocycles. The Morgan fingerprint density at radius 2 is 2.31 bits per heavy atom. The normalized spacial score (nSPS) is 9.31. The van der Waals surface area contributed by atoms with Gasteiger partial charge in [-0.05, 0) is 13.0 Å². The Hall–Kier alpha value is -1.01. The van der Waals surface area contributed by atoms with Crippen molar-refractivity contribution in [1.29, 1.82) is 5.26 Å². The minimum absolute atomic E-state index is 0.100. The van der Waals surface area contributed by atoms with Gasteiger partial charge in [-0.25, -0.2) is 0 Å². The lowest BCUT2D eigenvalue weighted by Crippen LogP contribution is -1.96. The molecule has 2 nitrogen and oxygen atoms in total. The minimum atomic E-state index is 0.100. The second-order valence-corrected chi connectivity index (χ2v) is 3.25. The molecule has 0 atom stereocenters. The van der Waals surface area contributed by atoms with Gasteiger partial charge in [0.2, 0.25) is 0 Å². The molecule has 0 spiro atoms. The third-order valence-electron chi connectivity index (χ3n) is 1.65. The minimum Gasteiger partial charge on any atom is -0.478 e. The van der Waals surface area contributed by atoms with Gasteiger partial charge in [0, 0.05) is 10.9 Å². The fourth-order valence-electron chi connectivity index (χ4n) is 1.06. The average Bonchev–Trinajstić information content (AvgIpc) is 2.16. The van der Waals surface area contributed by atoms with E-state index in [1.54, 1.807) is 0 Å². The highest BCUT2D eigenvalue weighted by Crippen LogP contribution is 2.22. The maximum Gasteiger partial charge on any atom is 0.174 e. The van der Waals surface area contributed by atoms with Crippen LogP contribution in [-0.4, -0.2) is 6.61 Å². The largest absolute Gasteiger partial charge is 0.478 e. The van der Waals surface area contributed by atoms with Crippen molar-refractivity contribution < 1.29 is 4.74 Å². The second-order valence-electron chi connectivity index (χ2n) is 2.69. The standard InChI is InChI=1S/C10H10BrNO/c1-8-2-3-10(13-5-4-12)9(6-8)7-11/h2-3,6H,5,7H2,1H3. The van der Waals surface area contributed by atoms with Gasteiger partial charge in [0.05, 0.1) is 0 Å². The number of aryl methyl sites for hydroxylation is 1. The highest BCUT2D eigenvalue weighted by atomic mass is 79.9. The van der Waals surface area contributed by atoms with E-state index in [0.717, 1.165) is 16.6 Å². The topological polar surface area (TPSA) is 33.0 Å². The summed E-state index contributed by atoms with van der Waals surface area (Å²) in [6.07, 6.45) is 0. The summed E-state index contributed by atoms with van der Waals surface area (Å²) in [6.45, 7) is 2.13. The van der Waals surface area contributed by atoms with Crippen LogP contribution in [-0.2, 0) is 5.33 Å². The zero-order valence-corrected chi connectivity index (χ0v) is 8.97. The van der Waals surface area contributed by atoms with Crippen LogP contribution in [0.3, 0.4) is 0 Å². The first-order valence-corrected chi connectivity index (χ1v) is 5.05. The highest BCUT2D eigenvalue weighted by molar-refractivity contribution is 9.08. The Kier molecular flexibility index (Phi) is 3.78. The second kappa shape index (κ2) is 4.88. The molecule has 0 saturated heterocycles. The first-order valence-electron chi connectivity index (χ1n) is 3.93. The molecule has 13 heavy (non-hydrogen) atoms. The van der Waals surface area contributed by atoms with E-state index < -0.39 is 0 Å². The zero-order valence-electron chi connectivity index (χ0n) is 7.38. The number of rotatable bonds is 3. The molecule has 0 bridgehead atoms. The molecular weight excluding hydrogens is 230 g/mol. The molecular formula is C10H10BrNO. The number of benzene rings is 1. The molecule has 3 heteroatoms. The van der Waals surface area contributed by atoms with E-state index in [1.165, 1.54) is 5.56 Å². The number of alkyl halides is 1. The fraction of sp³-hybridized carbons (Fsp3) is 0.300. The van der Waals surface area contributed by atoms with Crippen LogP contribution in [0.25, 0.3) is 0 Å². The number of hydrogen-bond donors (Lipinski definition) is 0. The van der Waals surface area contributed by atoms with E-state index in [4.69, 9.17) is 10.00 Å².